The maximum absolute atomic E-state index is 10.8. The van der Waals surface area contributed by atoms with Gasteiger partial charge in [-0.1, -0.05) is 18.2 Å². The summed E-state index contributed by atoms with van der Waals surface area (Å²) in [5.41, 5.74) is 4.96. The van der Waals surface area contributed by atoms with Crippen molar-refractivity contribution < 1.29 is 4.79 Å². The lowest BCUT2D eigenvalue weighted by Gasteiger charge is -2.39. The molecule has 102 valence electrons. The number of benzene rings is 1. The summed E-state index contributed by atoms with van der Waals surface area (Å²) in [7, 11) is 4.31. The van der Waals surface area contributed by atoms with Crippen LogP contribution in [0.4, 0.5) is 0 Å². The maximum atomic E-state index is 10.8. The van der Waals surface area contributed by atoms with E-state index in [9.17, 15) is 4.79 Å². The van der Waals surface area contributed by atoms with Gasteiger partial charge in [0.1, 0.15) is 6.29 Å². The molecular weight excluding hydrogens is 234 g/mol. The van der Waals surface area contributed by atoms with Gasteiger partial charge in [0.25, 0.3) is 0 Å². The van der Waals surface area contributed by atoms with Crippen LogP contribution in [0.3, 0.4) is 0 Å². The highest BCUT2D eigenvalue weighted by Crippen LogP contribution is 2.36. The van der Waals surface area contributed by atoms with E-state index in [1.54, 1.807) is 0 Å². The van der Waals surface area contributed by atoms with Crippen LogP contribution in [0.25, 0.3) is 5.57 Å². The molecule has 19 heavy (non-hydrogen) atoms. The molecule has 0 amide bonds. The van der Waals surface area contributed by atoms with E-state index >= 15 is 0 Å². The fourth-order valence-electron chi connectivity index (χ4n) is 2.72. The Labute approximate surface area is 116 Å². The standard InChI is InChI=1S/C17H23NO/c1-13-11-14(12-19)5-6-16(13)15-7-9-17(2,10-8-15)18(3)4/h5-7,11-12H,8-10H2,1-4H3. The number of aryl methyl sites for hydroxylation is 1. The second-order valence-corrected chi connectivity index (χ2v) is 6.02. The van der Waals surface area contributed by atoms with Crippen molar-refractivity contribution in [3.63, 3.8) is 0 Å². The van der Waals surface area contributed by atoms with Crippen molar-refractivity contribution in [3.8, 4) is 0 Å². The Morgan fingerprint density at radius 2 is 2.05 bits per heavy atom. The van der Waals surface area contributed by atoms with Gasteiger partial charge in [-0.3, -0.25) is 4.79 Å². The third-order valence-electron chi connectivity index (χ3n) is 4.53. The van der Waals surface area contributed by atoms with Crippen LogP contribution in [-0.2, 0) is 0 Å². The molecule has 0 aromatic heterocycles. The summed E-state index contributed by atoms with van der Waals surface area (Å²) >= 11 is 0. The Kier molecular flexibility index (Phi) is 3.91. The second-order valence-electron chi connectivity index (χ2n) is 6.02. The first kappa shape index (κ1) is 14.0. The Morgan fingerprint density at radius 1 is 1.32 bits per heavy atom. The first-order valence-electron chi connectivity index (χ1n) is 6.89. The molecule has 0 saturated heterocycles. The van der Waals surface area contributed by atoms with Crippen LogP contribution in [-0.4, -0.2) is 30.8 Å². The van der Waals surface area contributed by atoms with E-state index in [1.807, 2.05) is 12.1 Å². The van der Waals surface area contributed by atoms with Gasteiger partial charge in [-0.2, -0.15) is 0 Å². The van der Waals surface area contributed by atoms with Gasteiger partial charge in [-0.15, -0.1) is 0 Å². The minimum atomic E-state index is 0.278. The normalized spacial score (nSPS) is 23.3. The van der Waals surface area contributed by atoms with Crippen molar-refractivity contribution >= 4 is 11.9 Å². The zero-order valence-corrected chi connectivity index (χ0v) is 12.4. The van der Waals surface area contributed by atoms with E-state index in [4.69, 9.17) is 0 Å². The van der Waals surface area contributed by atoms with Gasteiger partial charge < -0.3 is 4.90 Å². The number of carbonyl (C=O) groups excluding carboxylic acids is 1. The molecular formula is C17H23NO. The number of carbonyl (C=O) groups is 1. The first-order chi connectivity index (χ1) is 8.96. The summed E-state index contributed by atoms with van der Waals surface area (Å²) in [6.07, 6.45) is 6.66. The summed E-state index contributed by atoms with van der Waals surface area (Å²) < 4.78 is 0. The lowest BCUT2D eigenvalue weighted by atomic mass is 9.80. The average molecular weight is 257 g/mol. The Balaban J connectivity index is 2.25. The van der Waals surface area contributed by atoms with Crippen LogP contribution < -0.4 is 0 Å². The fourth-order valence-corrected chi connectivity index (χ4v) is 2.72. The smallest absolute Gasteiger partial charge is 0.150 e. The molecule has 0 aliphatic heterocycles. The molecule has 0 bridgehead atoms. The average Bonchev–Trinajstić information content (AvgIpc) is 2.40. The third kappa shape index (κ3) is 2.79. The van der Waals surface area contributed by atoms with Gasteiger partial charge in [-0.05, 0) is 70.0 Å². The third-order valence-corrected chi connectivity index (χ3v) is 4.53. The predicted molar refractivity (Wildman–Crippen MR) is 80.5 cm³/mol. The minimum absolute atomic E-state index is 0.278. The Hall–Kier alpha value is -1.41. The van der Waals surface area contributed by atoms with Crippen molar-refractivity contribution in [2.45, 2.75) is 38.6 Å². The van der Waals surface area contributed by atoms with E-state index in [0.717, 1.165) is 24.7 Å². The molecule has 0 heterocycles. The Morgan fingerprint density at radius 3 is 2.53 bits per heavy atom. The van der Waals surface area contributed by atoms with Crippen molar-refractivity contribution in [3.05, 3.63) is 41.0 Å². The number of nitrogens with zero attached hydrogens (tertiary/aromatic N) is 1. The van der Waals surface area contributed by atoms with Crippen molar-refractivity contribution in [1.29, 1.82) is 0 Å². The van der Waals surface area contributed by atoms with Crippen molar-refractivity contribution in [2.75, 3.05) is 14.1 Å². The van der Waals surface area contributed by atoms with E-state index in [2.05, 4.69) is 45.0 Å². The maximum Gasteiger partial charge on any atom is 0.150 e. The van der Waals surface area contributed by atoms with Gasteiger partial charge in [0.15, 0.2) is 0 Å². The van der Waals surface area contributed by atoms with E-state index in [1.165, 1.54) is 23.1 Å². The first-order valence-corrected chi connectivity index (χ1v) is 6.89. The van der Waals surface area contributed by atoms with E-state index < -0.39 is 0 Å². The fraction of sp³-hybridized carbons (Fsp3) is 0.471. The molecule has 1 aliphatic rings. The van der Waals surface area contributed by atoms with Crippen LogP contribution >= 0.6 is 0 Å². The number of aldehydes is 1. The highest BCUT2D eigenvalue weighted by Gasteiger charge is 2.29. The van der Waals surface area contributed by atoms with Crippen LogP contribution in [0.5, 0.6) is 0 Å². The predicted octanol–water partition coefficient (Wildman–Crippen LogP) is 3.70. The van der Waals surface area contributed by atoms with E-state index in [-0.39, 0.29) is 5.54 Å². The molecule has 2 heteroatoms. The quantitative estimate of drug-likeness (QED) is 0.770. The second kappa shape index (κ2) is 5.30. The van der Waals surface area contributed by atoms with Gasteiger partial charge >= 0.3 is 0 Å². The van der Waals surface area contributed by atoms with Crippen LogP contribution in [0, 0.1) is 6.92 Å². The molecule has 2 nitrogen and oxygen atoms in total. The number of hydrogen-bond acceptors (Lipinski definition) is 2. The minimum Gasteiger partial charge on any atom is -0.304 e. The summed E-state index contributed by atoms with van der Waals surface area (Å²) in [5, 5.41) is 0. The van der Waals surface area contributed by atoms with Crippen molar-refractivity contribution in [2.24, 2.45) is 0 Å². The lowest BCUT2D eigenvalue weighted by molar-refractivity contribution is 0.112. The molecule has 2 rings (SSSR count). The molecule has 0 fully saturated rings. The molecule has 0 spiro atoms. The number of allylic oxidation sites excluding steroid dienone is 1. The summed E-state index contributed by atoms with van der Waals surface area (Å²) in [5.74, 6) is 0. The van der Waals surface area contributed by atoms with Crippen molar-refractivity contribution in [1.82, 2.24) is 4.90 Å². The highest BCUT2D eigenvalue weighted by molar-refractivity contribution is 5.78. The van der Waals surface area contributed by atoms with Gasteiger partial charge in [-0.25, -0.2) is 0 Å². The molecule has 1 aliphatic carbocycles. The molecule has 0 saturated carbocycles. The Bertz CT molecular complexity index is 516. The van der Waals surface area contributed by atoms with Crippen LogP contribution in [0.1, 0.15) is 47.7 Å². The highest BCUT2D eigenvalue weighted by atomic mass is 16.1. The topological polar surface area (TPSA) is 20.3 Å². The largest absolute Gasteiger partial charge is 0.304 e. The molecule has 1 unspecified atom stereocenters. The lowest BCUT2D eigenvalue weighted by Crippen LogP contribution is -2.42. The SMILES string of the molecule is Cc1cc(C=O)ccc1C1=CCC(C)(N(C)C)CC1. The number of hydrogen-bond donors (Lipinski definition) is 0. The molecule has 0 radical (unpaired) electrons. The van der Waals surface area contributed by atoms with E-state index in [0.29, 0.717) is 0 Å². The zero-order chi connectivity index (χ0) is 14.0. The summed E-state index contributed by atoms with van der Waals surface area (Å²) in [6, 6.07) is 5.97. The molecule has 1 aromatic rings. The molecule has 1 aromatic carbocycles. The van der Waals surface area contributed by atoms with Crippen LogP contribution in [0.2, 0.25) is 0 Å². The van der Waals surface area contributed by atoms with Crippen LogP contribution in [0.15, 0.2) is 24.3 Å². The monoisotopic (exact) mass is 257 g/mol. The van der Waals surface area contributed by atoms with Gasteiger partial charge in [0.05, 0.1) is 0 Å². The summed E-state index contributed by atoms with van der Waals surface area (Å²) in [4.78, 5) is 13.1. The molecule has 1 atom stereocenters. The van der Waals surface area contributed by atoms with Gasteiger partial charge in [0.2, 0.25) is 0 Å². The number of rotatable bonds is 3. The zero-order valence-electron chi connectivity index (χ0n) is 12.4. The summed E-state index contributed by atoms with van der Waals surface area (Å²) in [6.45, 7) is 4.41. The van der Waals surface area contributed by atoms with Gasteiger partial charge in [0, 0.05) is 11.1 Å². The molecule has 0 N–H and O–H groups in total.